The first kappa shape index (κ1) is 24.8. The van der Waals surface area contributed by atoms with Crippen molar-refractivity contribution in [2.45, 2.75) is 13.8 Å². The van der Waals surface area contributed by atoms with Crippen molar-refractivity contribution in [3.05, 3.63) is 83.8 Å². The normalized spacial score (nSPS) is 10.5. The summed E-state index contributed by atoms with van der Waals surface area (Å²) in [6.45, 7) is 3.54. The number of hydrogen-bond donors (Lipinski definition) is 1. The van der Waals surface area contributed by atoms with Crippen molar-refractivity contribution in [3.63, 3.8) is 0 Å². The van der Waals surface area contributed by atoms with Gasteiger partial charge in [0.15, 0.2) is 11.2 Å². The Kier molecular flexibility index (Phi) is 7.87. The van der Waals surface area contributed by atoms with E-state index in [-0.39, 0.29) is 18.8 Å². The fourth-order valence-corrected chi connectivity index (χ4v) is 3.67. The zero-order valence-corrected chi connectivity index (χ0v) is 20.5. The Morgan fingerprint density at radius 1 is 0.917 bits per heavy atom. The second-order valence-corrected chi connectivity index (χ2v) is 7.93. The molecule has 0 amide bonds. The third kappa shape index (κ3) is 5.50. The van der Waals surface area contributed by atoms with Crippen molar-refractivity contribution < 1.29 is 19.1 Å². The van der Waals surface area contributed by atoms with Crippen LogP contribution in [0.3, 0.4) is 0 Å². The molecule has 2 heterocycles. The standard InChI is InChI=1S/C27H23ClN4O4/c1-3-35-26(33)21(27(34)36-4-2)15-29-24-23-20(17-8-6-5-7-9-17)14-22(32-25(23)31-16-30-24)18-10-12-19(28)13-11-18/h5-16H,3-4H2,1-2H3,(H,29,30,31,32). The van der Waals surface area contributed by atoms with Gasteiger partial charge in [0, 0.05) is 16.8 Å². The summed E-state index contributed by atoms with van der Waals surface area (Å²) in [6.07, 6.45) is 2.60. The molecule has 0 bridgehead atoms. The van der Waals surface area contributed by atoms with Gasteiger partial charge in [-0.25, -0.2) is 24.5 Å². The number of pyridine rings is 1. The van der Waals surface area contributed by atoms with Crippen molar-refractivity contribution in [1.29, 1.82) is 0 Å². The highest BCUT2D eigenvalue weighted by Crippen LogP contribution is 2.34. The summed E-state index contributed by atoms with van der Waals surface area (Å²) < 4.78 is 10.0. The molecule has 0 fully saturated rings. The quantitative estimate of drug-likeness (QED) is 0.147. The Bertz CT molecular complexity index is 1400. The largest absolute Gasteiger partial charge is 0.462 e. The summed E-state index contributed by atoms with van der Waals surface area (Å²) in [6, 6.07) is 19.0. The van der Waals surface area contributed by atoms with E-state index < -0.39 is 11.9 Å². The van der Waals surface area contributed by atoms with Gasteiger partial charge in [0.05, 0.1) is 24.3 Å². The number of aromatic nitrogens is 3. The van der Waals surface area contributed by atoms with Crippen LogP contribution in [0.2, 0.25) is 5.02 Å². The Morgan fingerprint density at radius 3 is 2.22 bits per heavy atom. The van der Waals surface area contributed by atoms with Crippen LogP contribution in [0.15, 0.2) is 78.8 Å². The molecule has 2 aromatic heterocycles. The van der Waals surface area contributed by atoms with E-state index in [0.717, 1.165) is 16.7 Å². The Morgan fingerprint density at radius 2 is 1.58 bits per heavy atom. The number of ether oxygens (including phenoxy) is 2. The van der Waals surface area contributed by atoms with Crippen LogP contribution in [0.25, 0.3) is 33.4 Å². The average Bonchev–Trinajstić information content (AvgIpc) is 2.89. The number of halogens is 1. The molecule has 0 atom stereocenters. The lowest BCUT2D eigenvalue weighted by atomic mass is 10.00. The second-order valence-electron chi connectivity index (χ2n) is 7.49. The number of fused-ring (bicyclic) bond motifs is 1. The van der Waals surface area contributed by atoms with Crippen molar-refractivity contribution in [2.75, 3.05) is 18.5 Å². The van der Waals surface area contributed by atoms with Gasteiger partial charge >= 0.3 is 11.9 Å². The van der Waals surface area contributed by atoms with Gasteiger partial charge in [0.1, 0.15) is 12.1 Å². The van der Waals surface area contributed by atoms with E-state index >= 15 is 0 Å². The van der Waals surface area contributed by atoms with E-state index in [4.69, 9.17) is 26.1 Å². The molecule has 0 spiro atoms. The molecule has 2 aromatic carbocycles. The molecule has 4 rings (SSSR count). The molecule has 8 nitrogen and oxygen atoms in total. The highest BCUT2D eigenvalue weighted by atomic mass is 35.5. The minimum absolute atomic E-state index is 0.113. The SMILES string of the molecule is CCOC(=O)C(=CNc1ncnc2nc(-c3ccc(Cl)cc3)cc(-c3ccccc3)c12)C(=O)OCC. The minimum Gasteiger partial charge on any atom is -0.462 e. The van der Waals surface area contributed by atoms with Crippen LogP contribution >= 0.6 is 11.6 Å². The third-order valence-electron chi connectivity index (χ3n) is 5.17. The summed E-state index contributed by atoms with van der Waals surface area (Å²) in [4.78, 5) is 38.2. The molecular formula is C27H23ClN4O4. The number of hydrogen-bond acceptors (Lipinski definition) is 8. The summed E-state index contributed by atoms with van der Waals surface area (Å²) in [5.41, 5.74) is 3.46. The highest BCUT2D eigenvalue weighted by molar-refractivity contribution is 6.30. The van der Waals surface area contributed by atoms with Crippen LogP contribution in [0, 0.1) is 0 Å². The van der Waals surface area contributed by atoms with Crippen LogP contribution in [0.4, 0.5) is 5.82 Å². The lowest BCUT2D eigenvalue weighted by molar-refractivity contribution is -0.146. The Balaban J connectivity index is 1.87. The smallest absolute Gasteiger partial charge is 0.347 e. The van der Waals surface area contributed by atoms with Crippen LogP contribution < -0.4 is 5.32 Å². The van der Waals surface area contributed by atoms with Crippen molar-refractivity contribution in [2.24, 2.45) is 0 Å². The van der Waals surface area contributed by atoms with E-state index in [1.165, 1.54) is 12.5 Å². The van der Waals surface area contributed by atoms with Crippen LogP contribution in [0.1, 0.15) is 13.8 Å². The monoisotopic (exact) mass is 502 g/mol. The lowest BCUT2D eigenvalue weighted by Crippen LogP contribution is -2.19. The molecule has 1 N–H and O–H groups in total. The molecule has 0 radical (unpaired) electrons. The fourth-order valence-electron chi connectivity index (χ4n) is 3.55. The van der Waals surface area contributed by atoms with Gasteiger partial charge in [-0.2, -0.15) is 0 Å². The summed E-state index contributed by atoms with van der Waals surface area (Å²) in [5, 5.41) is 4.21. The van der Waals surface area contributed by atoms with Crippen molar-refractivity contribution in [3.8, 4) is 22.4 Å². The number of carbonyl (C=O) groups excluding carboxylic acids is 2. The van der Waals surface area contributed by atoms with Gasteiger partial charge in [0.25, 0.3) is 0 Å². The zero-order valence-electron chi connectivity index (χ0n) is 19.7. The topological polar surface area (TPSA) is 103 Å². The molecule has 182 valence electrons. The average molecular weight is 503 g/mol. The molecule has 36 heavy (non-hydrogen) atoms. The number of nitrogens with zero attached hydrogens (tertiary/aromatic N) is 3. The molecule has 0 aliphatic heterocycles. The lowest BCUT2D eigenvalue weighted by Gasteiger charge is -2.13. The summed E-state index contributed by atoms with van der Waals surface area (Å²) in [5.74, 6) is -1.23. The fraction of sp³-hybridized carbons (Fsp3) is 0.148. The molecule has 0 saturated carbocycles. The zero-order chi connectivity index (χ0) is 25.5. The number of anilines is 1. The number of esters is 2. The van der Waals surface area contributed by atoms with E-state index in [2.05, 4.69) is 15.3 Å². The van der Waals surface area contributed by atoms with Gasteiger partial charge in [0.2, 0.25) is 0 Å². The van der Waals surface area contributed by atoms with Crippen LogP contribution in [-0.4, -0.2) is 40.1 Å². The van der Waals surface area contributed by atoms with E-state index in [1.54, 1.807) is 26.0 Å². The first-order chi connectivity index (χ1) is 17.5. The molecular weight excluding hydrogens is 480 g/mol. The van der Waals surface area contributed by atoms with E-state index in [9.17, 15) is 9.59 Å². The van der Waals surface area contributed by atoms with E-state index in [1.807, 2.05) is 48.5 Å². The van der Waals surface area contributed by atoms with Crippen molar-refractivity contribution >= 4 is 40.4 Å². The van der Waals surface area contributed by atoms with Gasteiger partial charge in [-0.1, -0.05) is 54.1 Å². The van der Waals surface area contributed by atoms with Crippen molar-refractivity contribution in [1.82, 2.24) is 15.0 Å². The number of carbonyl (C=O) groups is 2. The molecule has 0 aliphatic carbocycles. The highest BCUT2D eigenvalue weighted by Gasteiger charge is 2.22. The molecule has 0 unspecified atom stereocenters. The first-order valence-electron chi connectivity index (χ1n) is 11.3. The van der Waals surface area contributed by atoms with E-state index in [0.29, 0.717) is 27.6 Å². The molecule has 4 aromatic rings. The molecule has 0 aliphatic rings. The maximum Gasteiger partial charge on any atom is 0.347 e. The maximum atomic E-state index is 12.4. The van der Waals surface area contributed by atoms with Gasteiger partial charge < -0.3 is 14.8 Å². The second kappa shape index (κ2) is 11.4. The third-order valence-corrected chi connectivity index (χ3v) is 5.42. The Labute approximate surface area is 213 Å². The van der Waals surface area contributed by atoms with Crippen LogP contribution in [0.5, 0.6) is 0 Å². The number of nitrogens with one attached hydrogen (secondary N) is 1. The molecule has 9 heteroatoms. The number of rotatable bonds is 8. The maximum absolute atomic E-state index is 12.4. The van der Waals surface area contributed by atoms with Crippen LogP contribution in [-0.2, 0) is 19.1 Å². The van der Waals surface area contributed by atoms with Gasteiger partial charge in [-0.15, -0.1) is 0 Å². The number of benzene rings is 2. The van der Waals surface area contributed by atoms with Gasteiger partial charge in [-0.05, 0) is 43.2 Å². The summed E-state index contributed by atoms with van der Waals surface area (Å²) in [7, 11) is 0. The van der Waals surface area contributed by atoms with Gasteiger partial charge in [-0.3, -0.25) is 0 Å². The Hall–Kier alpha value is -4.30. The predicted molar refractivity (Wildman–Crippen MR) is 138 cm³/mol. The summed E-state index contributed by atoms with van der Waals surface area (Å²) >= 11 is 6.07. The molecule has 0 saturated heterocycles. The minimum atomic E-state index is -0.798. The first-order valence-corrected chi connectivity index (χ1v) is 11.7. The predicted octanol–water partition coefficient (Wildman–Crippen LogP) is 5.43.